The lowest BCUT2D eigenvalue weighted by Gasteiger charge is -2.15. The van der Waals surface area contributed by atoms with E-state index >= 15 is 0 Å². The third-order valence-corrected chi connectivity index (χ3v) is 3.40. The van der Waals surface area contributed by atoms with Crippen LogP contribution >= 0.6 is 0 Å². The molecule has 0 saturated carbocycles. The van der Waals surface area contributed by atoms with Crippen LogP contribution in [0.1, 0.15) is 32.3 Å². The van der Waals surface area contributed by atoms with E-state index in [4.69, 9.17) is 9.47 Å². The van der Waals surface area contributed by atoms with Gasteiger partial charge in [-0.1, -0.05) is 19.1 Å². The van der Waals surface area contributed by atoms with Gasteiger partial charge in [-0.2, -0.15) is 0 Å². The standard InChI is InChI=1S/C16H25NO2/c1-3-9-17-13(2)11-14-4-6-15(7-5-14)19-16-8-10-18-12-16/h4-7,13,16-17H,3,8-12H2,1-2H3. The van der Waals surface area contributed by atoms with Crippen molar-refractivity contribution in [2.45, 2.75) is 45.3 Å². The molecule has 2 unspecified atom stereocenters. The van der Waals surface area contributed by atoms with E-state index in [1.54, 1.807) is 0 Å². The highest BCUT2D eigenvalue weighted by atomic mass is 16.5. The molecule has 3 heteroatoms. The maximum Gasteiger partial charge on any atom is 0.124 e. The maximum absolute atomic E-state index is 5.86. The van der Waals surface area contributed by atoms with Crippen LogP contribution in [0, 0.1) is 0 Å². The zero-order valence-electron chi connectivity index (χ0n) is 12.0. The highest BCUT2D eigenvalue weighted by Crippen LogP contribution is 2.18. The van der Waals surface area contributed by atoms with Crippen LogP contribution in [0.2, 0.25) is 0 Å². The van der Waals surface area contributed by atoms with Crippen molar-refractivity contribution in [1.82, 2.24) is 5.32 Å². The molecule has 0 spiro atoms. The van der Waals surface area contributed by atoms with Crippen LogP contribution in [0.15, 0.2) is 24.3 Å². The summed E-state index contributed by atoms with van der Waals surface area (Å²) in [4.78, 5) is 0. The molecule has 2 rings (SSSR count). The van der Waals surface area contributed by atoms with Gasteiger partial charge in [0.25, 0.3) is 0 Å². The van der Waals surface area contributed by atoms with Crippen LogP contribution in [0.25, 0.3) is 0 Å². The van der Waals surface area contributed by atoms with Crippen molar-refractivity contribution in [3.63, 3.8) is 0 Å². The Bertz CT molecular complexity index is 358. The first-order chi connectivity index (χ1) is 9.28. The molecule has 1 aliphatic rings. The number of nitrogens with one attached hydrogen (secondary N) is 1. The van der Waals surface area contributed by atoms with E-state index in [2.05, 4.69) is 43.4 Å². The fourth-order valence-corrected chi connectivity index (χ4v) is 2.32. The first-order valence-electron chi connectivity index (χ1n) is 7.34. The number of hydrogen-bond acceptors (Lipinski definition) is 3. The maximum atomic E-state index is 5.86. The molecule has 1 aromatic rings. The Kier molecular flexibility index (Phi) is 5.67. The Labute approximate surface area is 116 Å². The molecule has 0 bridgehead atoms. The lowest BCUT2D eigenvalue weighted by molar-refractivity contribution is 0.141. The van der Waals surface area contributed by atoms with E-state index in [1.807, 2.05) is 0 Å². The lowest BCUT2D eigenvalue weighted by Crippen LogP contribution is -2.28. The minimum atomic E-state index is 0.232. The molecule has 1 fully saturated rings. The van der Waals surface area contributed by atoms with Crippen molar-refractivity contribution in [3.8, 4) is 5.75 Å². The van der Waals surface area contributed by atoms with Crippen LogP contribution in [-0.4, -0.2) is 31.9 Å². The van der Waals surface area contributed by atoms with E-state index in [-0.39, 0.29) is 6.10 Å². The van der Waals surface area contributed by atoms with Gasteiger partial charge in [0.2, 0.25) is 0 Å². The number of ether oxygens (including phenoxy) is 2. The van der Waals surface area contributed by atoms with Gasteiger partial charge in [0, 0.05) is 12.5 Å². The predicted octanol–water partition coefficient (Wildman–Crippen LogP) is 2.78. The molecule has 1 saturated heterocycles. The van der Waals surface area contributed by atoms with Gasteiger partial charge in [-0.15, -0.1) is 0 Å². The normalized spacial score (nSPS) is 20.4. The van der Waals surface area contributed by atoms with Gasteiger partial charge >= 0.3 is 0 Å². The summed E-state index contributed by atoms with van der Waals surface area (Å²) < 4.78 is 11.2. The van der Waals surface area contributed by atoms with Crippen molar-refractivity contribution in [1.29, 1.82) is 0 Å². The number of rotatable bonds is 7. The first-order valence-corrected chi connectivity index (χ1v) is 7.34. The molecule has 2 atom stereocenters. The Morgan fingerprint density at radius 3 is 2.79 bits per heavy atom. The summed E-state index contributed by atoms with van der Waals surface area (Å²) >= 11 is 0. The molecule has 0 amide bonds. The van der Waals surface area contributed by atoms with Gasteiger partial charge in [-0.05, 0) is 44.0 Å². The summed E-state index contributed by atoms with van der Waals surface area (Å²) in [7, 11) is 0. The Morgan fingerprint density at radius 2 is 2.16 bits per heavy atom. The smallest absolute Gasteiger partial charge is 0.124 e. The third kappa shape index (κ3) is 4.84. The molecule has 3 nitrogen and oxygen atoms in total. The second-order valence-electron chi connectivity index (χ2n) is 5.31. The molecule has 1 aromatic carbocycles. The van der Waals surface area contributed by atoms with Gasteiger partial charge in [0.1, 0.15) is 11.9 Å². The fourth-order valence-electron chi connectivity index (χ4n) is 2.32. The van der Waals surface area contributed by atoms with Crippen molar-refractivity contribution < 1.29 is 9.47 Å². The summed E-state index contributed by atoms with van der Waals surface area (Å²) in [5.41, 5.74) is 1.35. The second kappa shape index (κ2) is 7.51. The summed E-state index contributed by atoms with van der Waals surface area (Å²) in [5.74, 6) is 0.952. The van der Waals surface area contributed by atoms with Crippen molar-refractivity contribution in [2.24, 2.45) is 0 Å². The topological polar surface area (TPSA) is 30.5 Å². The molecule has 19 heavy (non-hydrogen) atoms. The number of hydrogen-bond donors (Lipinski definition) is 1. The number of benzene rings is 1. The molecule has 1 N–H and O–H groups in total. The van der Waals surface area contributed by atoms with Gasteiger partial charge < -0.3 is 14.8 Å². The quantitative estimate of drug-likeness (QED) is 0.820. The summed E-state index contributed by atoms with van der Waals surface area (Å²) in [6, 6.07) is 8.99. The average Bonchev–Trinajstić information content (AvgIpc) is 2.91. The third-order valence-electron chi connectivity index (χ3n) is 3.40. The second-order valence-corrected chi connectivity index (χ2v) is 5.31. The van der Waals surface area contributed by atoms with E-state index in [0.717, 1.165) is 38.3 Å². The lowest BCUT2D eigenvalue weighted by atomic mass is 10.1. The molecule has 0 aromatic heterocycles. The minimum absolute atomic E-state index is 0.232. The Hall–Kier alpha value is -1.06. The SMILES string of the molecule is CCCNC(C)Cc1ccc(OC2CCOC2)cc1. The van der Waals surface area contributed by atoms with Crippen molar-refractivity contribution in [3.05, 3.63) is 29.8 Å². The molecule has 0 radical (unpaired) electrons. The monoisotopic (exact) mass is 263 g/mol. The highest BCUT2D eigenvalue weighted by molar-refractivity contribution is 5.28. The Morgan fingerprint density at radius 1 is 1.37 bits per heavy atom. The summed E-state index contributed by atoms with van der Waals surface area (Å²) in [6.45, 7) is 7.06. The van der Waals surface area contributed by atoms with Crippen molar-refractivity contribution in [2.75, 3.05) is 19.8 Å². The summed E-state index contributed by atoms with van der Waals surface area (Å²) in [6.07, 6.45) is 3.48. The van der Waals surface area contributed by atoms with Crippen LogP contribution in [0.3, 0.4) is 0 Å². The molecular formula is C16H25NO2. The van der Waals surface area contributed by atoms with Crippen LogP contribution in [-0.2, 0) is 11.2 Å². The van der Waals surface area contributed by atoms with Gasteiger partial charge in [-0.25, -0.2) is 0 Å². The highest BCUT2D eigenvalue weighted by Gasteiger charge is 2.16. The van der Waals surface area contributed by atoms with Crippen LogP contribution in [0.5, 0.6) is 5.75 Å². The summed E-state index contributed by atoms with van der Waals surface area (Å²) in [5, 5.41) is 3.51. The Balaban J connectivity index is 1.80. The zero-order valence-corrected chi connectivity index (χ0v) is 12.0. The van der Waals surface area contributed by atoms with Crippen molar-refractivity contribution >= 4 is 0 Å². The fraction of sp³-hybridized carbons (Fsp3) is 0.625. The largest absolute Gasteiger partial charge is 0.488 e. The zero-order chi connectivity index (χ0) is 13.5. The van der Waals surface area contributed by atoms with E-state index < -0.39 is 0 Å². The predicted molar refractivity (Wildman–Crippen MR) is 77.8 cm³/mol. The minimum Gasteiger partial charge on any atom is -0.488 e. The van der Waals surface area contributed by atoms with E-state index in [0.29, 0.717) is 6.04 Å². The molecule has 106 valence electrons. The molecular weight excluding hydrogens is 238 g/mol. The molecule has 0 aliphatic carbocycles. The van der Waals surface area contributed by atoms with Gasteiger partial charge in [0.05, 0.1) is 13.2 Å². The van der Waals surface area contributed by atoms with Gasteiger partial charge in [-0.3, -0.25) is 0 Å². The van der Waals surface area contributed by atoms with Crippen LogP contribution in [0.4, 0.5) is 0 Å². The van der Waals surface area contributed by atoms with E-state index in [1.165, 1.54) is 12.0 Å². The molecule has 1 aliphatic heterocycles. The molecule has 1 heterocycles. The first kappa shape index (κ1) is 14.4. The van der Waals surface area contributed by atoms with Crippen LogP contribution < -0.4 is 10.1 Å². The van der Waals surface area contributed by atoms with Gasteiger partial charge in [0.15, 0.2) is 0 Å². The van der Waals surface area contributed by atoms with E-state index in [9.17, 15) is 0 Å². The average molecular weight is 263 g/mol.